The molecule has 4 heteroatoms. The zero-order valence-corrected chi connectivity index (χ0v) is 12.8. The van der Waals surface area contributed by atoms with Crippen LogP contribution < -0.4 is 10.1 Å². The average Bonchev–Trinajstić information content (AvgIpc) is 2.42. The number of hydrogen-bond acceptors (Lipinski definition) is 4. The van der Waals surface area contributed by atoms with Gasteiger partial charge in [-0.3, -0.25) is 0 Å². The molecule has 0 radical (unpaired) electrons. The summed E-state index contributed by atoms with van der Waals surface area (Å²) in [7, 11) is 0. The third-order valence-corrected chi connectivity index (χ3v) is 2.90. The molecule has 0 amide bonds. The minimum atomic E-state index is 0.0919. The van der Waals surface area contributed by atoms with Gasteiger partial charge < -0.3 is 19.9 Å². The molecule has 0 aliphatic heterocycles. The predicted octanol–water partition coefficient (Wildman–Crippen LogP) is 2.52. The lowest BCUT2D eigenvalue weighted by atomic mass is 10.1. The Bertz CT molecular complexity index is 351. The van der Waals surface area contributed by atoms with Crippen LogP contribution in [0.3, 0.4) is 0 Å². The largest absolute Gasteiger partial charge is 0.491 e. The van der Waals surface area contributed by atoms with Gasteiger partial charge in [-0.1, -0.05) is 12.1 Å². The lowest BCUT2D eigenvalue weighted by Gasteiger charge is -2.15. The van der Waals surface area contributed by atoms with E-state index in [2.05, 4.69) is 24.4 Å². The maximum atomic E-state index is 8.59. The van der Waals surface area contributed by atoms with Gasteiger partial charge >= 0.3 is 0 Å². The molecular weight excluding hydrogens is 254 g/mol. The molecule has 0 bridgehead atoms. The SMILES string of the molecule is CC(C)Oc1ccc(C(C)NCCCOCCO)cc1. The summed E-state index contributed by atoms with van der Waals surface area (Å²) in [6.07, 6.45) is 1.15. The van der Waals surface area contributed by atoms with E-state index in [1.807, 2.05) is 26.0 Å². The van der Waals surface area contributed by atoms with Gasteiger partial charge in [-0.2, -0.15) is 0 Å². The summed E-state index contributed by atoms with van der Waals surface area (Å²) in [5.41, 5.74) is 1.25. The Morgan fingerprint density at radius 3 is 2.40 bits per heavy atom. The summed E-state index contributed by atoms with van der Waals surface area (Å²) in [4.78, 5) is 0. The molecule has 0 aromatic heterocycles. The molecule has 0 heterocycles. The summed E-state index contributed by atoms with van der Waals surface area (Å²) < 4.78 is 10.8. The molecule has 4 nitrogen and oxygen atoms in total. The molecule has 1 aromatic carbocycles. The van der Waals surface area contributed by atoms with Gasteiger partial charge in [0.15, 0.2) is 0 Å². The van der Waals surface area contributed by atoms with Gasteiger partial charge in [0.2, 0.25) is 0 Å². The first-order chi connectivity index (χ1) is 9.63. The van der Waals surface area contributed by atoms with Crippen LogP contribution in [0, 0.1) is 0 Å². The second kappa shape index (κ2) is 9.75. The van der Waals surface area contributed by atoms with Crippen molar-refractivity contribution in [3.8, 4) is 5.75 Å². The van der Waals surface area contributed by atoms with Crippen molar-refractivity contribution in [1.29, 1.82) is 0 Å². The van der Waals surface area contributed by atoms with E-state index >= 15 is 0 Å². The van der Waals surface area contributed by atoms with Crippen molar-refractivity contribution in [3.05, 3.63) is 29.8 Å². The first-order valence-corrected chi connectivity index (χ1v) is 7.32. The Kier molecular flexibility index (Phi) is 8.26. The normalized spacial score (nSPS) is 12.7. The molecule has 0 saturated carbocycles. The third kappa shape index (κ3) is 6.89. The van der Waals surface area contributed by atoms with Crippen LogP contribution in [0.4, 0.5) is 0 Å². The van der Waals surface area contributed by atoms with E-state index in [1.165, 1.54) is 5.56 Å². The van der Waals surface area contributed by atoms with E-state index in [0.29, 0.717) is 19.3 Å². The summed E-state index contributed by atoms with van der Waals surface area (Å²) in [5.74, 6) is 0.911. The van der Waals surface area contributed by atoms with Gasteiger partial charge in [0, 0.05) is 12.6 Å². The number of nitrogens with one attached hydrogen (secondary N) is 1. The Hall–Kier alpha value is -1.10. The smallest absolute Gasteiger partial charge is 0.119 e. The standard InChI is InChI=1S/C16H27NO3/c1-13(2)20-16-7-5-15(6-8-16)14(3)17-9-4-11-19-12-10-18/h5-8,13-14,17-18H,4,9-12H2,1-3H3. The minimum Gasteiger partial charge on any atom is -0.491 e. The van der Waals surface area contributed by atoms with E-state index < -0.39 is 0 Å². The van der Waals surface area contributed by atoms with Crippen LogP contribution in [0.1, 0.15) is 38.8 Å². The van der Waals surface area contributed by atoms with Crippen LogP contribution in [0.15, 0.2) is 24.3 Å². The molecule has 20 heavy (non-hydrogen) atoms. The number of ether oxygens (including phenoxy) is 2. The van der Waals surface area contributed by atoms with E-state index in [-0.39, 0.29) is 12.7 Å². The van der Waals surface area contributed by atoms with Crippen LogP contribution >= 0.6 is 0 Å². The van der Waals surface area contributed by atoms with Crippen molar-refractivity contribution in [2.45, 2.75) is 39.3 Å². The number of rotatable bonds is 10. The lowest BCUT2D eigenvalue weighted by Crippen LogP contribution is -2.21. The second-order valence-corrected chi connectivity index (χ2v) is 5.10. The van der Waals surface area contributed by atoms with Gasteiger partial charge in [0.25, 0.3) is 0 Å². The molecule has 0 aliphatic carbocycles. The Labute approximate surface area is 122 Å². The van der Waals surface area contributed by atoms with Gasteiger partial charge in [0.05, 0.1) is 19.3 Å². The van der Waals surface area contributed by atoms with Gasteiger partial charge in [-0.15, -0.1) is 0 Å². The van der Waals surface area contributed by atoms with Gasteiger partial charge in [0.1, 0.15) is 5.75 Å². The van der Waals surface area contributed by atoms with Crippen LogP contribution in [-0.2, 0) is 4.74 Å². The minimum absolute atomic E-state index is 0.0919. The zero-order valence-electron chi connectivity index (χ0n) is 12.8. The predicted molar refractivity (Wildman–Crippen MR) is 81.1 cm³/mol. The number of hydrogen-bond donors (Lipinski definition) is 2. The molecule has 1 aromatic rings. The van der Waals surface area contributed by atoms with Crippen molar-refractivity contribution >= 4 is 0 Å². The summed E-state index contributed by atoms with van der Waals surface area (Å²) in [6, 6.07) is 8.52. The third-order valence-electron chi connectivity index (χ3n) is 2.90. The fraction of sp³-hybridized carbons (Fsp3) is 0.625. The zero-order chi connectivity index (χ0) is 14.8. The monoisotopic (exact) mass is 281 g/mol. The summed E-state index contributed by atoms with van der Waals surface area (Å²) in [6.45, 7) is 8.29. The molecule has 0 fully saturated rings. The molecule has 1 atom stereocenters. The lowest BCUT2D eigenvalue weighted by molar-refractivity contribution is 0.0904. The van der Waals surface area contributed by atoms with E-state index in [1.54, 1.807) is 0 Å². The van der Waals surface area contributed by atoms with E-state index in [0.717, 1.165) is 18.7 Å². The second-order valence-electron chi connectivity index (χ2n) is 5.10. The van der Waals surface area contributed by atoms with Crippen molar-refractivity contribution in [2.24, 2.45) is 0 Å². The molecule has 1 rings (SSSR count). The Morgan fingerprint density at radius 2 is 1.80 bits per heavy atom. The van der Waals surface area contributed by atoms with Crippen molar-refractivity contribution < 1.29 is 14.6 Å². The first-order valence-electron chi connectivity index (χ1n) is 7.32. The molecule has 2 N–H and O–H groups in total. The summed E-state index contributed by atoms with van der Waals surface area (Å²) in [5, 5.41) is 12.0. The van der Waals surface area contributed by atoms with Gasteiger partial charge in [-0.25, -0.2) is 0 Å². The number of benzene rings is 1. The topological polar surface area (TPSA) is 50.7 Å². The van der Waals surface area contributed by atoms with Gasteiger partial charge in [-0.05, 0) is 51.4 Å². The van der Waals surface area contributed by atoms with Crippen molar-refractivity contribution in [1.82, 2.24) is 5.32 Å². The summed E-state index contributed by atoms with van der Waals surface area (Å²) >= 11 is 0. The molecule has 0 aliphatic rings. The molecule has 114 valence electrons. The highest BCUT2D eigenvalue weighted by Gasteiger charge is 2.05. The number of aliphatic hydroxyl groups excluding tert-OH is 1. The van der Waals surface area contributed by atoms with Crippen molar-refractivity contribution in [2.75, 3.05) is 26.4 Å². The Morgan fingerprint density at radius 1 is 1.10 bits per heavy atom. The van der Waals surface area contributed by atoms with E-state index in [4.69, 9.17) is 14.6 Å². The fourth-order valence-corrected chi connectivity index (χ4v) is 1.88. The van der Waals surface area contributed by atoms with E-state index in [9.17, 15) is 0 Å². The molecule has 1 unspecified atom stereocenters. The number of aliphatic hydroxyl groups is 1. The highest BCUT2D eigenvalue weighted by atomic mass is 16.5. The Balaban J connectivity index is 2.27. The fourth-order valence-electron chi connectivity index (χ4n) is 1.88. The first kappa shape index (κ1) is 17.0. The maximum absolute atomic E-state index is 8.59. The average molecular weight is 281 g/mol. The van der Waals surface area contributed by atoms with Crippen molar-refractivity contribution in [3.63, 3.8) is 0 Å². The van der Waals surface area contributed by atoms with Crippen LogP contribution in [0.2, 0.25) is 0 Å². The van der Waals surface area contributed by atoms with Crippen LogP contribution in [0.5, 0.6) is 5.75 Å². The molecule has 0 saturated heterocycles. The quantitative estimate of drug-likeness (QED) is 0.647. The molecular formula is C16H27NO3. The molecule has 0 spiro atoms. The highest BCUT2D eigenvalue weighted by molar-refractivity contribution is 5.29. The maximum Gasteiger partial charge on any atom is 0.119 e. The highest BCUT2D eigenvalue weighted by Crippen LogP contribution is 2.18. The van der Waals surface area contributed by atoms with Crippen LogP contribution in [0.25, 0.3) is 0 Å². The van der Waals surface area contributed by atoms with Crippen LogP contribution in [-0.4, -0.2) is 37.6 Å².